The van der Waals surface area contributed by atoms with Crippen LogP contribution in [0, 0.1) is 0 Å². The molecule has 120 valence electrons. The second-order valence-corrected chi connectivity index (χ2v) is 5.70. The molecular formula is C17H12Cl2N4O. The van der Waals surface area contributed by atoms with Gasteiger partial charge in [-0.2, -0.15) is 0 Å². The molecule has 0 radical (unpaired) electrons. The summed E-state index contributed by atoms with van der Waals surface area (Å²) >= 11 is 12.0. The van der Waals surface area contributed by atoms with Gasteiger partial charge < -0.3 is 10.6 Å². The van der Waals surface area contributed by atoms with Crippen molar-refractivity contribution in [1.29, 1.82) is 0 Å². The Balaban J connectivity index is 1.70. The van der Waals surface area contributed by atoms with Crippen LogP contribution in [-0.2, 0) is 0 Å². The molecule has 0 unspecified atom stereocenters. The van der Waals surface area contributed by atoms with Crippen molar-refractivity contribution in [2.75, 3.05) is 10.6 Å². The fourth-order valence-electron chi connectivity index (χ4n) is 1.97. The van der Waals surface area contributed by atoms with Crippen LogP contribution >= 0.6 is 23.2 Å². The predicted octanol–water partition coefficient (Wildman–Crippen LogP) is 4.78. The van der Waals surface area contributed by atoms with E-state index in [9.17, 15) is 4.79 Å². The summed E-state index contributed by atoms with van der Waals surface area (Å²) in [6, 6.07) is 14.2. The zero-order chi connectivity index (χ0) is 16.9. The fourth-order valence-corrected chi connectivity index (χ4v) is 2.35. The first-order chi connectivity index (χ1) is 11.6. The molecule has 1 amide bonds. The molecule has 0 saturated carbocycles. The average molecular weight is 359 g/mol. The Morgan fingerprint density at radius 2 is 1.79 bits per heavy atom. The van der Waals surface area contributed by atoms with Gasteiger partial charge in [-0.15, -0.1) is 0 Å². The summed E-state index contributed by atoms with van der Waals surface area (Å²) in [6.45, 7) is 0. The molecule has 5 nitrogen and oxygen atoms in total. The van der Waals surface area contributed by atoms with E-state index in [-0.39, 0.29) is 11.6 Å². The highest BCUT2D eigenvalue weighted by atomic mass is 35.5. The minimum absolute atomic E-state index is 0.194. The normalized spacial score (nSPS) is 10.2. The van der Waals surface area contributed by atoms with Crippen LogP contribution in [0.15, 0.2) is 60.9 Å². The Labute approximate surface area is 148 Å². The Bertz CT molecular complexity index is 868. The summed E-state index contributed by atoms with van der Waals surface area (Å²) in [4.78, 5) is 20.4. The monoisotopic (exact) mass is 358 g/mol. The summed E-state index contributed by atoms with van der Waals surface area (Å²) in [5, 5.41) is 6.86. The van der Waals surface area contributed by atoms with Crippen molar-refractivity contribution >= 4 is 46.3 Å². The van der Waals surface area contributed by atoms with E-state index in [2.05, 4.69) is 20.6 Å². The lowest BCUT2D eigenvalue weighted by Crippen LogP contribution is -2.14. The van der Waals surface area contributed by atoms with E-state index >= 15 is 0 Å². The molecule has 3 aromatic rings. The number of carbonyl (C=O) groups excluding carboxylic acids is 1. The maximum Gasteiger partial charge on any atom is 0.275 e. The number of para-hydroxylation sites is 1. The number of aromatic nitrogens is 2. The number of carbonyl (C=O) groups is 1. The van der Waals surface area contributed by atoms with Crippen LogP contribution in [0.2, 0.25) is 10.0 Å². The largest absolute Gasteiger partial charge is 0.338 e. The molecule has 1 aromatic heterocycles. The SMILES string of the molecule is O=C(Nc1cccc(Cl)c1)c1cnc(Nc2ccccc2Cl)cn1. The fraction of sp³-hybridized carbons (Fsp3) is 0. The zero-order valence-corrected chi connectivity index (χ0v) is 13.8. The van der Waals surface area contributed by atoms with E-state index in [4.69, 9.17) is 23.2 Å². The molecule has 0 bridgehead atoms. The van der Waals surface area contributed by atoms with Crippen molar-refractivity contribution < 1.29 is 4.79 Å². The van der Waals surface area contributed by atoms with Gasteiger partial charge in [-0.25, -0.2) is 9.97 Å². The van der Waals surface area contributed by atoms with E-state index in [1.807, 2.05) is 18.2 Å². The molecule has 0 spiro atoms. The maximum absolute atomic E-state index is 12.2. The molecule has 3 rings (SSSR count). The Morgan fingerprint density at radius 3 is 2.50 bits per heavy atom. The van der Waals surface area contributed by atoms with Gasteiger partial charge in [-0.1, -0.05) is 41.4 Å². The molecule has 0 atom stereocenters. The summed E-state index contributed by atoms with van der Waals surface area (Å²) < 4.78 is 0. The van der Waals surface area contributed by atoms with E-state index < -0.39 is 0 Å². The van der Waals surface area contributed by atoms with Crippen molar-refractivity contribution in [3.8, 4) is 0 Å². The van der Waals surface area contributed by atoms with Gasteiger partial charge in [0.05, 0.1) is 23.1 Å². The van der Waals surface area contributed by atoms with Gasteiger partial charge in [0, 0.05) is 10.7 Å². The van der Waals surface area contributed by atoms with E-state index in [1.54, 1.807) is 30.3 Å². The molecule has 24 heavy (non-hydrogen) atoms. The van der Waals surface area contributed by atoms with E-state index in [0.29, 0.717) is 27.2 Å². The first kappa shape index (κ1) is 16.2. The van der Waals surface area contributed by atoms with Crippen LogP contribution in [0.3, 0.4) is 0 Å². The third kappa shape index (κ3) is 4.01. The highest BCUT2D eigenvalue weighted by Crippen LogP contribution is 2.23. The summed E-state index contributed by atoms with van der Waals surface area (Å²) in [5.41, 5.74) is 1.50. The van der Waals surface area contributed by atoms with Gasteiger partial charge in [0.2, 0.25) is 0 Å². The smallest absolute Gasteiger partial charge is 0.275 e. The molecule has 0 aliphatic heterocycles. The number of rotatable bonds is 4. The summed E-state index contributed by atoms with van der Waals surface area (Å²) in [6.07, 6.45) is 2.86. The third-order valence-electron chi connectivity index (χ3n) is 3.10. The first-order valence-corrected chi connectivity index (χ1v) is 7.78. The lowest BCUT2D eigenvalue weighted by atomic mass is 10.3. The lowest BCUT2D eigenvalue weighted by Gasteiger charge is -2.08. The predicted molar refractivity (Wildman–Crippen MR) is 96.2 cm³/mol. The number of nitrogens with one attached hydrogen (secondary N) is 2. The summed E-state index contributed by atoms with van der Waals surface area (Å²) in [5.74, 6) is 0.122. The topological polar surface area (TPSA) is 66.9 Å². The first-order valence-electron chi connectivity index (χ1n) is 7.02. The Morgan fingerprint density at radius 1 is 0.958 bits per heavy atom. The van der Waals surface area contributed by atoms with Crippen LogP contribution in [0.4, 0.5) is 17.2 Å². The van der Waals surface area contributed by atoms with Gasteiger partial charge in [0.15, 0.2) is 0 Å². The molecule has 1 heterocycles. The highest BCUT2D eigenvalue weighted by Gasteiger charge is 2.09. The number of hydrogen-bond acceptors (Lipinski definition) is 4. The Hall–Kier alpha value is -2.63. The number of nitrogens with zero attached hydrogens (tertiary/aromatic N) is 2. The van der Waals surface area contributed by atoms with Crippen molar-refractivity contribution in [1.82, 2.24) is 9.97 Å². The molecule has 7 heteroatoms. The van der Waals surface area contributed by atoms with Crippen molar-refractivity contribution in [3.05, 3.63) is 76.7 Å². The molecular weight excluding hydrogens is 347 g/mol. The van der Waals surface area contributed by atoms with Gasteiger partial charge in [0.1, 0.15) is 11.5 Å². The van der Waals surface area contributed by atoms with Gasteiger partial charge >= 0.3 is 0 Å². The van der Waals surface area contributed by atoms with E-state index in [1.165, 1.54) is 12.4 Å². The van der Waals surface area contributed by atoms with E-state index in [0.717, 1.165) is 0 Å². The van der Waals surface area contributed by atoms with Gasteiger partial charge in [-0.3, -0.25) is 4.79 Å². The molecule has 0 aliphatic rings. The average Bonchev–Trinajstić information content (AvgIpc) is 2.57. The van der Waals surface area contributed by atoms with Crippen molar-refractivity contribution in [2.24, 2.45) is 0 Å². The van der Waals surface area contributed by atoms with Crippen LogP contribution in [0.1, 0.15) is 10.5 Å². The minimum atomic E-state index is -0.367. The zero-order valence-electron chi connectivity index (χ0n) is 12.3. The lowest BCUT2D eigenvalue weighted by molar-refractivity contribution is 0.102. The van der Waals surface area contributed by atoms with Crippen molar-refractivity contribution in [3.63, 3.8) is 0 Å². The molecule has 2 aromatic carbocycles. The van der Waals surface area contributed by atoms with Crippen LogP contribution in [0.5, 0.6) is 0 Å². The molecule has 0 aliphatic carbocycles. The second-order valence-electron chi connectivity index (χ2n) is 4.86. The quantitative estimate of drug-likeness (QED) is 0.704. The molecule has 0 fully saturated rings. The van der Waals surface area contributed by atoms with Crippen LogP contribution in [0.25, 0.3) is 0 Å². The third-order valence-corrected chi connectivity index (χ3v) is 3.67. The second kappa shape index (κ2) is 7.29. The maximum atomic E-state index is 12.2. The van der Waals surface area contributed by atoms with Gasteiger partial charge in [-0.05, 0) is 30.3 Å². The van der Waals surface area contributed by atoms with Gasteiger partial charge in [0.25, 0.3) is 5.91 Å². The van der Waals surface area contributed by atoms with Crippen LogP contribution in [-0.4, -0.2) is 15.9 Å². The Kier molecular flexibility index (Phi) is 4.93. The number of benzene rings is 2. The minimum Gasteiger partial charge on any atom is -0.338 e. The van der Waals surface area contributed by atoms with Crippen molar-refractivity contribution in [2.45, 2.75) is 0 Å². The molecule has 0 saturated heterocycles. The highest BCUT2D eigenvalue weighted by molar-refractivity contribution is 6.33. The number of anilines is 3. The number of halogens is 2. The summed E-state index contributed by atoms with van der Waals surface area (Å²) in [7, 11) is 0. The number of hydrogen-bond donors (Lipinski definition) is 2. The number of amides is 1. The van der Waals surface area contributed by atoms with Crippen LogP contribution < -0.4 is 10.6 Å². The molecule has 2 N–H and O–H groups in total. The standard InChI is InChI=1S/C17H12Cl2N4O/c18-11-4-3-5-12(8-11)22-17(24)15-9-21-16(10-20-15)23-14-7-2-1-6-13(14)19/h1-10H,(H,21,23)(H,22,24).